The average molecular weight is 461 g/mol. The third-order valence-electron chi connectivity index (χ3n) is 4.54. The first-order valence-electron chi connectivity index (χ1n) is 9.83. The highest BCUT2D eigenvalue weighted by Crippen LogP contribution is 2.20. The van der Waals surface area contributed by atoms with E-state index in [4.69, 9.17) is 12.2 Å². The number of hydrogen-bond donors (Lipinski definition) is 3. The molecule has 3 aromatic carbocycles. The van der Waals surface area contributed by atoms with Gasteiger partial charge in [0.2, 0.25) is 5.91 Å². The van der Waals surface area contributed by atoms with Crippen molar-refractivity contribution < 1.29 is 14.5 Å². The van der Waals surface area contributed by atoms with Crippen LogP contribution in [0.2, 0.25) is 0 Å². The zero-order valence-corrected chi connectivity index (χ0v) is 18.4. The van der Waals surface area contributed by atoms with Crippen LogP contribution in [0.1, 0.15) is 21.5 Å². The van der Waals surface area contributed by atoms with Crippen LogP contribution >= 0.6 is 12.2 Å². The zero-order chi connectivity index (χ0) is 23.8. The van der Waals surface area contributed by atoms with Gasteiger partial charge in [-0.2, -0.15) is 0 Å². The number of amides is 2. The summed E-state index contributed by atoms with van der Waals surface area (Å²) in [5.74, 6) is -0.656. The van der Waals surface area contributed by atoms with E-state index in [9.17, 15) is 19.7 Å². The second-order valence-electron chi connectivity index (χ2n) is 6.98. The molecule has 0 aliphatic rings. The smallest absolute Gasteiger partial charge is 0.269 e. The lowest BCUT2D eigenvalue weighted by Crippen LogP contribution is -2.32. The van der Waals surface area contributed by atoms with E-state index in [-0.39, 0.29) is 16.7 Å². The summed E-state index contributed by atoms with van der Waals surface area (Å²) in [5, 5.41) is 19.1. The number of hydrogen-bond acceptors (Lipinski definition) is 5. The molecule has 9 heteroatoms. The maximum absolute atomic E-state index is 12.3. The number of benzene rings is 3. The molecule has 3 N–H and O–H groups in total. The maximum atomic E-state index is 12.3. The summed E-state index contributed by atoms with van der Waals surface area (Å²) < 4.78 is 0. The van der Waals surface area contributed by atoms with Crippen LogP contribution in [0.5, 0.6) is 0 Å². The molecule has 3 rings (SSSR count). The van der Waals surface area contributed by atoms with Crippen LogP contribution in [-0.4, -0.2) is 21.9 Å². The van der Waals surface area contributed by atoms with Crippen molar-refractivity contribution in [1.29, 1.82) is 0 Å². The molecule has 0 fully saturated rings. The quantitative estimate of drug-likeness (QED) is 0.213. The highest BCUT2D eigenvalue weighted by Gasteiger charge is 2.09. The van der Waals surface area contributed by atoms with Crippen molar-refractivity contribution in [3.8, 4) is 0 Å². The van der Waals surface area contributed by atoms with Crippen molar-refractivity contribution >= 4 is 52.3 Å². The van der Waals surface area contributed by atoms with E-state index in [1.165, 1.54) is 24.3 Å². The number of non-ortho nitro benzene ring substituents is 1. The van der Waals surface area contributed by atoms with Gasteiger partial charge < -0.3 is 10.6 Å². The predicted octanol–water partition coefficient (Wildman–Crippen LogP) is 4.68. The minimum atomic E-state index is -0.490. The van der Waals surface area contributed by atoms with Crippen LogP contribution in [0, 0.1) is 17.0 Å². The number of nitrogens with zero attached hydrogens (tertiary/aromatic N) is 1. The first kappa shape index (κ1) is 23.3. The largest absolute Gasteiger partial charge is 0.332 e. The fourth-order valence-electron chi connectivity index (χ4n) is 2.86. The average Bonchev–Trinajstić information content (AvgIpc) is 2.80. The Morgan fingerprint density at radius 2 is 1.67 bits per heavy atom. The topological polar surface area (TPSA) is 113 Å². The number of thiocarbonyl (C=S) groups is 1. The number of nitrogens with one attached hydrogen (secondary N) is 3. The molecular weight excluding hydrogens is 440 g/mol. The number of rotatable bonds is 6. The van der Waals surface area contributed by atoms with Gasteiger partial charge in [0.1, 0.15) is 0 Å². The van der Waals surface area contributed by atoms with Crippen molar-refractivity contribution in [2.45, 2.75) is 6.92 Å². The number of nitro groups is 1. The predicted molar refractivity (Wildman–Crippen MR) is 132 cm³/mol. The molecule has 0 bridgehead atoms. The van der Waals surface area contributed by atoms with Gasteiger partial charge in [-0.3, -0.25) is 25.0 Å². The Balaban J connectivity index is 1.54. The van der Waals surface area contributed by atoms with Crippen LogP contribution in [0.4, 0.5) is 17.1 Å². The van der Waals surface area contributed by atoms with E-state index in [1.807, 2.05) is 13.0 Å². The monoisotopic (exact) mass is 460 g/mol. The van der Waals surface area contributed by atoms with Gasteiger partial charge in [0, 0.05) is 35.1 Å². The van der Waals surface area contributed by atoms with Gasteiger partial charge in [-0.15, -0.1) is 0 Å². The SMILES string of the molecule is Cc1cc(NC(=S)NC(=O)/C=C/c2ccc([N+](=O)[O-])cc2)ccc1NC(=O)c1ccccc1. The second kappa shape index (κ2) is 10.8. The molecular formula is C24H20N4O4S. The highest BCUT2D eigenvalue weighted by molar-refractivity contribution is 7.80. The molecule has 0 atom stereocenters. The minimum Gasteiger partial charge on any atom is -0.332 e. The summed E-state index contributed by atoms with van der Waals surface area (Å²) in [5.41, 5.74) is 3.30. The van der Waals surface area contributed by atoms with Crippen LogP contribution in [-0.2, 0) is 4.79 Å². The van der Waals surface area contributed by atoms with Gasteiger partial charge in [0.25, 0.3) is 11.6 Å². The first-order valence-corrected chi connectivity index (χ1v) is 10.2. The molecule has 0 aliphatic heterocycles. The van der Waals surface area contributed by atoms with Crippen LogP contribution in [0.15, 0.2) is 78.9 Å². The molecule has 0 radical (unpaired) electrons. The molecule has 0 saturated heterocycles. The van der Waals surface area contributed by atoms with Gasteiger partial charge in [-0.25, -0.2) is 0 Å². The second-order valence-corrected chi connectivity index (χ2v) is 7.38. The number of anilines is 2. The van der Waals surface area contributed by atoms with Gasteiger partial charge in [0.15, 0.2) is 5.11 Å². The Morgan fingerprint density at radius 1 is 0.970 bits per heavy atom. The van der Waals surface area contributed by atoms with Crippen LogP contribution in [0.25, 0.3) is 6.08 Å². The lowest BCUT2D eigenvalue weighted by Gasteiger charge is -2.12. The van der Waals surface area contributed by atoms with Gasteiger partial charge in [0.05, 0.1) is 4.92 Å². The summed E-state index contributed by atoms with van der Waals surface area (Å²) in [6, 6.07) is 20.0. The van der Waals surface area contributed by atoms with E-state index in [1.54, 1.807) is 54.6 Å². The van der Waals surface area contributed by atoms with Gasteiger partial charge >= 0.3 is 0 Å². The van der Waals surface area contributed by atoms with Crippen molar-refractivity contribution in [1.82, 2.24) is 5.32 Å². The van der Waals surface area contributed by atoms with E-state index in [0.717, 1.165) is 5.56 Å². The van der Waals surface area contributed by atoms with Gasteiger partial charge in [-0.05, 0) is 78.8 Å². The number of aryl methyl sites for hydroxylation is 1. The Hall–Kier alpha value is -4.37. The van der Waals surface area contributed by atoms with E-state index >= 15 is 0 Å². The zero-order valence-electron chi connectivity index (χ0n) is 17.6. The molecule has 0 saturated carbocycles. The van der Waals surface area contributed by atoms with Crippen LogP contribution < -0.4 is 16.0 Å². The third-order valence-corrected chi connectivity index (χ3v) is 4.74. The summed E-state index contributed by atoms with van der Waals surface area (Å²) >= 11 is 5.18. The van der Waals surface area contributed by atoms with E-state index < -0.39 is 10.8 Å². The molecule has 0 unspecified atom stereocenters. The number of carbonyl (C=O) groups is 2. The summed E-state index contributed by atoms with van der Waals surface area (Å²) in [4.78, 5) is 34.6. The lowest BCUT2D eigenvalue weighted by atomic mass is 10.1. The highest BCUT2D eigenvalue weighted by atomic mass is 32.1. The Labute approximate surface area is 195 Å². The van der Waals surface area contributed by atoms with E-state index in [2.05, 4.69) is 16.0 Å². The Bertz CT molecular complexity index is 1220. The van der Waals surface area contributed by atoms with Crippen molar-refractivity contribution in [2.75, 3.05) is 10.6 Å². The normalized spacial score (nSPS) is 10.5. The summed E-state index contributed by atoms with van der Waals surface area (Å²) in [7, 11) is 0. The third kappa shape index (κ3) is 6.81. The lowest BCUT2D eigenvalue weighted by molar-refractivity contribution is -0.384. The molecule has 0 aliphatic carbocycles. The van der Waals surface area contributed by atoms with Crippen LogP contribution in [0.3, 0.4) is 0 Å². The number of nitro benzene ring substituents is 1. The summed E-state index contributed by atoms with van der Waals surface area (Å²) in [6.07, 6.45) is 2.80. The van der Waals surface area contributed by atoms with Crippen molar-refractivity contribution in [2.24, 2.45) is 0 Å². The Kier molecular flexibility index (Phi) is 7.61. The summed E-state index contributed by atoms with van der Waals surface area (Å²) in [6.45, 7) is 1.85. The minimum absolute atomic E-state index is 0.0251. The van der Waals surface area contributed by atoms with Crippen molar-refractivity contribution in [3.63, 3.8) is 0 Å². The van der Waals surface area contributed by atoms with Gasteiger partial charge in [-0.1, -0.05) is 18.2 Å². The van der Waals surface area contributed by atoms with Crippen molar-refractivity contribution in [3.05, 3.63) is 106 Å². The Morgan fingerprint density at radius 3 is 2.30 bits per heavy atom. The fraction of sp³-hybridized carbons (Fsp3) is 0.0417. The molecule has 0 heterocycles. The molecule has 0 aromatic heterocycles. The number of carbonyl (C=O) groups excluding carboxylic acids is 2. The first-order chi connectivity index (χ1) is 15.8. The van der Waals surface area contributed by atoms with E-state index in [0.29, 0.717) is 22.5 Å². The molecule has 3 aromatic rings. The molecule has 166 valence electrons. The standard InChI is InChI=1S/C24H20N4O4S/c1-16-15-19(10-13-21(16)26-23(30)18-5-3-2-4-6-18)25-24(33)27-22(29)14-9-17-7-11-20(12-8-17)28(31)32/h2-15H,1H3,(H,26,30)(H2,25,27,29,33)/b14-9+. The molecule has 0 spiro atoms. The maximum Gasteiger partial charge on any atom is 0.269 e. The molecule has 8 nitrogen and oxygen atoms in total. The molecule has 33 heavy (non-hydrogen) atoms. The molecule has 2 amide bonds. The fourth-order valence-corrected chi connectivity index (χ4v) is 3.08.